The topological polar surface area (TPSA) is 72.7 Å². The highest BCUT2D eigenvalue weighted by Gasteiger charge is 2.37. The fraction of sp³-hybridized carbons (Fsp3) is 0.200. The Bertz CT molecular complexity index is 1020. The molecule has 0 unspecified atom stereocenters. The van der Waals surface area contributed by atoms with Crippen molar-refractivity contribution < 1.29 is 26.7 Å². The van der Waals surface area contributed by atoms with E-state index < -0.39 is 29.5 Å². The predicted octanol–water partition coefficient (Wildman–Crippen LogP) is 3.97. The van der Waals surface area contributed by atoms with Gasteiger partial charge in [0.2, 0.25) is 11.7 Å². The fourth-order valence-electron chi connectivity index (χ4n) is 2.09. The van der Waals surface area contributed by atoms with Crippen LogP contribution in [0.2, 0.25) is 0 Å². The fourth-order valence-corrected chi connectivity index (χ4v) is 3.54. The molecule has 3 rings (SSSR count). The molecule has 0 radical (unpaired) electrons. The van der Waals surface area contributed by atoms with E-state index in [-0.39, 0.29) is 16.0 Å². The van der Waals surface area contributed by atoms with Gasteiger partial charge in [-0.05, 0) is 18.2 Å². The van der Waals surface area contributed by atoms with Crippen molar-refractivity contribution in [3.8, 4) is 11.3 Å². The number of benzene rings is 1. The number of halogens is 5. The monoisotopic (exact) mass is 435 g/mol. The lowest BCUT2D eigenvalue weighted by molar-refractivity contribution is -0.147. The van der Waals surface area contributed by atoms with E-state index in [1.807, 2.05) is 0 Å². The maximum atomic E-state index is 13.3. The van der Waals surface area contributed by atoms with Crippen LogP contribution in [0.3, 0.4) is 0 Å². The van der Waals surface area contributed by atoms with Crippen LogP contribution in [0, 0.1) is 11.6 Å². The number of hydrogen-bond acceptors (Lipinski definition) is 6. The molecule has 0 bridgehead atoms. The number of carbonyl (C=O) groups excluding carboxylic acids is 1. The van der Waals surface area contributed by atoms with E-state index in [0.29, 0.717) is 11.3 Å². The summed E-state index contributed by atoms with van der Waals surface area (Å²) in [5.74, 6) is -3.90. The standard InChI is InChI=1S/C15H10F5N5OS2/c1-25-12(15(18,19)20)23-24-14(25)28-6-11(26)22-13-21-10(5-27-13)7-2-3-8(16)9(17)4-7/h2-5H,6H2,1H3,(H,21,22,26). The van der Waals surface area contributed by atoms with E-state index in [9.17, 15) is 26.7 Å². The highest BCUT2D eigenvalue weighted by atomic mass is 32.2. The van der Waals surface area contributed by atoms with Crippen LogP contribution in [0.15, 0.2) is 28.7 Å². The zero-order valence-electron chi connectivity index (χ0n) is 13.9. The first kappa shape index (κ1) is 20.2. The van der Waals surface area contributed by atoms with E-state index in [0.717, 1.165) is 46.8 Å². The molecule has 1 aromatic carbocycles. The van der Waals surface area contributed by atoms with Crippen LogP contribution in [-0.2, 0) is 18.0 Å². The van der Waals surface area contributed by atoms with Crippen molar-refractivity contribution in [1.29, 1.82) is 0 Å². The molecule has 2 aromatic heterocycles. The van der Waals surface area contributed by atoms with Gasteiger partial charge in [0.05, 0.1) is 11.4 Å². The quantitative estimate of drug-likeness (QED) is 0.485. The normalized spacial score (nSPS) is 11.6. The molecule has 0 saturated heterocycles. The summed E-state index contributed by atoms with van der Waals surface area (Å²) in [5.41, 5.74) is 0.679. The van der Waals surface area contributed by atoms with Gasteiger partial charge in [0.1, 0.15) is 0 Å². The largest absolute Gasteiger partial charge is 0.451 e. The van der Waals surface area contributed by atoms with Crippen molar-refractivity contribution in [2.45, 2.75) is 11.3 Å². The summed E-state index contributed by atoms with van der Waals surface area (Å²) in [4.78, 5) is 16.1. The van der Waals surface area contributed by atoms with Crippen LogP contribution in [0.1, 0.15) is 5.82 Å². The van der Waals surface area contributed by atoms with Gasteiger partial charge in [-0.25, -0.2) is 13.8 Å². The summed E-state index contributed by atoms with van der Waals surface area (Å²) in [6.07, 6.45) is -4.64. The first-order valence-corrected chi connectivity index (χ1v) is 9.32. The van der Waals surface area contributed by atoms with Gasteiger partial charge in [-0.2, -0.15) is 13.2 Å². The average Bonchev–Trinajstić information content (AvgIpc) is 3.22. The Balaban J connectivity index is 1.61. The molecule has 3 aromatic rings. The summed E-state index contributed by atoms with van der Waals surface area (Å²) in [6, 6.07) is 3.30. The number of thiazole rings is 1. The summed E-state index contributed by atoms with van der Waals surface area (Å²) >= 11 is 1.85. The number of carbonyl (C=O) groups is 1. The Morgan fingerprint density at radius 1 is 1.25 bits per heavy atom. The first-order valence-electron chi connectivity index (χ1n) is 7.45. The van der Waals surface area contributed by atoms with Gasteiger partial charge in [-0.1, -0.05) is 11.8 Å². The zero-order valence-corrected chi connectivity index (χ0v) is 15.6. The number of nitrogens with one attached hydrogen (secondary N) is 1. The molecule has 13 heteroatoms. The molecule has 0 atom stereocenters. The third-order valence-electron chi connectivity index (χ3n) is 3.39. The zero-order chi connectivity index (χ0) is 20.5. The van der Waals surface area contributed by atoms with Crippen LogP contribution < -0.4 is 5.32 Å². The number of alkyl halides is 3. The minimum absolute atomic E-state index is 0.0657. The Morgan fingerprint density at radius 2 is 2.00 bits per heavy atom. The highest BCUT2D eigenvalue weighted by Crippen LogP contribution is 2.30. The number of nitrogens with zero attached hydrogens (tertiary/aromatic N) is 4. The molecule has 0 fully saturated rings. The van der Waals surface area contributed by atoms with Crippen molar-refractivity contribution in [2.75, 3.05) is 11.1 Å². The van der Waals surface area contributed by atoms with Crippen molar-refractivity contribution >= 4 is 34.1 Å². The summed E-state index contributed by atoms with van der Waals surface area (Å²) in [6.45, 7) is 0. The molecule has 1 N–H and O–H groups in total. The number of amides is 1. The third kappa shape index (κ3) is 4.47. The first-order chi connectivity index (χ1) is 13.1. The van der Waals surface area contributed by atoms with Crippen LogP contribution in [0.4, 0.5) is 27.1 Å². The van der Waals surface area contributed by atoms with Crippen LogP contribution in [0.5, 0.6) is 0 Å². The third-order valence-corrected chi connectivity index (χ3v) is 5.16. The van der Waals surface area contributed by atoms with Crippen molar-refractivity contribution in [2.24, 2.45) is 7.05 Å². The second-order valence-electron chi connectivity index (χ2n) is 5.37. The lowest BCUT2D eigenvalue weighted by Gasteiger charge is -2.06. The molecule has 0 aliphatic rings. The number of aromatic nitrogens is 4. The highest BCUT2D eigenvalue weighted by molar-refractivity contribution is 7.99. The minimum atomic E-state index is -4.64. The minimum Gasteiger partial charge on any atom is -0.302 e. The Morgan fingerprint density at radius 3 is 2.64 bits per heavy atom. The van der Waals surface area contributed by atoms with Crippen LogP contribution in [-0.4, -0.2) is 31.4 Å². The summed E-state index contributed by atoms with van der Waals surface area (Å²) < 4.78 is 65.1. The lowest BCUT2D eigenvalue weighted by Crippen LogP contribution is -2.15. The van der Waals surface area contributed by atoms with Gasteiger partial charge in [0.25, 0.3) is 0 Å². The number of anilines is 1. The molecular formula is C15H10F5N5OS2. The Labute approximate surface area is 162 Å². The molecule has 0 aliphatic heterocycles. The molecule has 0 spiro atoms. The predicted molar refractivity (Wildman–Crippen MR) is 92.8 cm³/mol. The van der Waals surface area contributed by atoms with Gasteiger partial charge in [0, 0.05) is 18.0 Å². The van der Waals surface area contributed by atoms with Gasteiger partial charge < -0.3 is 9.88 Å². The van der Waals surface area contributed by atoms with E-state index in [4.69, 9.17) is 0 Å². The maximum absolute atomic E-state index is 13.3. The number of rotatable bonds is 5. The van der Waals surface area contributed by atoms with Crippen molar-refractivity contribution in [1.82, 2.24) is 19.7 Å². The lowest BCUT2D eigenvalue weighted by atomic mass is 10.2. The number of thioether (sulfide) groups is 1. The van der Waals surface area contributed by atoms with E-state index in [1.54, 1.807) is 5.38 Å². The molecule has 1 amide bonds. The Hall–Kier alpha value is -2.54. The van der Waals surface area contributed by atoms with Crippen LogP contribution >= 0.6 is 23.1 Å². The molecule has 148 valence electrons. The molecule has 2 heterocycles. The molecular weight excluding hydrogens is 425 g/mol. The van der Waals surface area contributed by atoms with Crippen LogP contribution in [0.25, 0.3) is 11.3 Å². The van der Waals surface area contributed by atoms with Gasteiger partial charge in [-0.3, -0.25) is 4.79 Å². The average molecular weight is 435 g/mol. The molecule has 0 saturated carbocycles. The van der Waals surface area contributed by atoms with Gasteiger partial charge >= 0.3 is 6.18 Å². The second-order valence-corrected chi connectivity index (χ2v) is 7.17. The second kappa shape index (κ2) is 7.83. The van der Waals surface area contributed by atoms with E-state index >= 15 is 0 Å². The van der Waals surface area contributed by atoms with E-state index in [1.165, 1.54) is 6.07 Å². The van der Waals surface area contributed by atoms with Gasteiger partial charge in [-0.15, -0.1) is 21.5 Å². The number of hydrogen-bond donors (Lipinski definition) is 1. The molecule has 0 aliphatic carbocycles. The SMILES string of the molecule is Cn1c(SCC(=O)Nc2nc(-c3ccc(F)c(F)c3)cs2)nnc1C(F)(F)F. The smallest absolute Gasteiger partial charge is 0.302 e. The van der Waals surface area contributed by atoms with E-state index in [2.05, 4.69) is 20.5 Å². The summed E-state index contributed by atoms with van der Waals surface area (Å²) in [5, 5.41) is 10.7. The summed E-state index contributed by atoms with van der Waals surface area (Å²) in [7, 11) is 1.15. The van der Waals surface area contributed by atoms with Crippen molar-refractivity contribution in [3.63, 3.8) is 0 Å². The van der Waals surface area contributed by atoms with Crippen molar-refractivity contribution in [3.05, 3.63) is 41.0 Å². The molecule has 28 heavy (non-hydrogen) atoms. The Kier molecular flexibility index (Phi) is 5.65. The van der Waals surface area contributed by atoms with Gasteiger partial charge in [0.15, 0.2) is 21.9 Å². The molecule has 6 nitrogen and oxygen atoms in total. The maximum Gasteiger partial charge on any atom is 0.451 e.